The van der Waals surface area contributed by atoms with E-state index in [2.05, 4.69) is 15.7 Å². The number of hydrogen-bond donors (Lipinski definition) is 3. The van der Waals surface area contributed by atoms with Gasteiger partial charge in [0, 0.05) is 5.69 Å². The summed E-state index contributed by atoms with van der Waals surface area (Å²) in [5, 5.41) is 2.77. The largest absolute Gasteiger partial charge is 0.321 e. The Morgan fingerprint density at radius 2 is 1.89 bits per heavy atom. The molecule has 0 spiro atoms. The van der Waals surface area contributed by atoms with Crippen LogP contribution in [0.1, 0.15) is 16.1 Å². The Kier molecular flexibility index (Phi) is 3.54. The van der Waals surface area contributed by atoms with Gasteiger partial charge in [0.1, 0.15) is 11.5 Å². The number of anilines is 2. The third-order valence-corrected chi connectivity index (χ3v) is 2.44. The molecule has 2 rings (SSSR count). The van der Waals surface area contributed by atoms with Crippen LogP contribution in [-0.2, 0) is 0 Å². The van der Waals surface area contributed by atoms with Crippen LogP contribution in [0.3, 0.4) is 0 Å². The molecule has 0 radical (unpaired) electrons. The van der Waals surface area contributed by atoms with Crippen LogP contribution < -0.4 is 16.6 Å². The lowest BCUT2D eigenvalue weighted by Crippen LogP contribution is -2.16. The number of amides is 1. The first kappa shape index (κ1) is 12.1. The summed E-state index contributed by atoms with van der Waals surface area (Å²) in [5.74, 6) is 5.43. The lowest BCUT2D eigenvalue weighted by Gasteiger charge is -2.06. The number of hydrazine groups is 1. The Bertz CT molecular complexity index is 551. The summed E-state index contributed by atoms with van der Waals surface area (Å²) in [6, 6.07) is 12.6. The Hall–Kier alpha value is -2.40. The molecule has 2 aromatic rings. The third kappa shape index (κ3) is 2.83. The summed E-state index contributed by atoms with van der Waals surface area (Å²) >= 11 is 0. The van der Waals surface area contributed by atoms with Gasteiger partial charge in [-0.1, -0.05) is 23.8 Å². The maximum atomic E-state index is 11.9. The van der Waals surface area contributed by atoms with E-state index in [0.29, 0.717) is 11.5 Å². The minimum absolute atomic E-state index is 0.268. The van der Waals surface area contributed by atoms with E-state index in [1.165, 1.54) is 0 Å². The smallest absolute Gasteiger partial charge is 0.274 e. The zero-order chi connectivity index (χ0) is 13.0. The Morgan fingerprint density at radius 1 is 1.17 bits per heavy atom. The standard InChI is InChI=1S/C13H14N4O/c1-9-5-7-10(8-6-9)15-13(18)11-3-2-4-12(16-11)17-14/h2-8H,14H2,1H3,(H,15,18)(H,16,17). The number of nitrogen functional groups attached to an aromatic ring is 1. The van der Waals surface area contributed by atoms with E-state index in [1.54, 1.807) is 18.2 Å². The van der Waals surface area contributed by atoms with E-state index in [9.17, 15) is 4.79 Å². The van der Waals surface area contributed by atoms with Crippen LogP contribution in [0.15, 0.2) is 42.5 Å². The number of hydrogen-bond acceptors (Lipinski definition) is 4. The van der Waals surface area contributed by atoms with Crippen molar-refractivity contribution < 1.29 is 4.79 Å². The fourth-order valence-electron chi connectivity index (χ4n) is 1.47. The average molecular weight is 242 g/mol. The summed E-state index contributed by atoms with van der Waals surface area (Å²) in [5.41, 5.74) is 4.59. The number of aromatic nitrogens is 1. The van der Waals surface area contributed by atoms with E-state index in [4.69, 9.17) is 5.84 Å². The number of aryl methyl sites for hydroxylation is 1. The predicted molar refractivity (Wildman–Crippen MR) is 71.2 cm³/mol. The molecule has 5 heteroatoms. The molecular weight excluding hydrogens is 228 g/mol. The summed E-state index contributed by atoms with van der Waals surface area (Å²) < 4.78 is 0. The monoisotopic (exact) mass is 242 g/mol. The molecule has 1 heterocycles. The second-order valence-electron chi connectivity index (χ2n) is 3.87. The maximum Gasteiger partial charge on any atom is 0.274 e. The first-order valence-corrected chi connectivity index (χ1v) is 5.51. The molecule has 0 aliphatic carbocycles. The number of nitrogens with one attached hydrogen (secondary N) is 2. The van der Waals surface area contributed by atoms with Crippen LogP contribution in [0.2, 0.25) is 0 Å². The van der Waals surface area contributed by atoms with Crippen LogP contribution in [0.25, 0.3) is 0 Å². The van der Waals surface area contributed by atoms with Gasteiger partial charge in [-0.2, -0.15) is 0 Å². The van der Waals surface area contributed by atoms with Crippen LogP contribution >= 0.6 is 0 Å². The summed E-state index contributed by atoms with van der Waals surface area (Å²) in [7, 11) is 0. The summed E-state index contributed by atoms with van der Waals surface area (Å²) in [4.78, 5) is 16.0. The molecule has 0 saturated carbocycles. The van der Waals surface area contributed by atoms with Crippen molar-refractivity contribution in [3.8, 4) is 0 Å². The number of benzene rings is 1. The van der Waals surface area contributed by atoms with Crippen LogP contribution in [-0.4, -0.2) is 10.9 Å². The molecule has 0 atom stereocenters. The molecule has 5 nitrogen and oxygen atoms in total. The van der Waals surface area contributed by atoms with Gasteiger partial charge in [0.25, 0.3) is 5.91 Å². The molecular formula is C13H14N4O. The highest BCUT2D eigenvalue weighted by atomic mass is 16.1. The highest BCUT2D eigenvalue weighted by Gasteiger charge is 2.07. The molecule has 0 fully saturated rings. The van der Waals surface area contributed by atoms with E-state index >= 15 is 0 Å². The molecule has 4 N–H and O–H groups in total. The van der Waals surface area contributed by atoms with Gasteiger partial charge in [0.2, 0.25) is 0 Å². The molecule has 92 valence electrons. The van der Waals surface area contributed by atoms with Gasteiger partial charge in [0.05, 0.1) is 0 Å². The van der Waals surface area contributed by atoms with Crippen molar-refractivity contribution in [2.24, 2.45) is 5.84 Å². The van der Waals surface area contributed by atoms with Crippen molar-refractivity contribution in [1.29, 1.82) is 0 Å². The van der Waals surface area contributed by atoms with Gasteiger partial charge in [0.15, 0.2) is 0 Å². The first-order chi connectivity index (χ1) is 8.69. The number of carbonyl (C=O) groups is 1. The molecule has 1 amide bonds. The minimum atomic E-state index is -0.268. The van der Waals surface area contributed by atoms with Crippen molar-refractivity contribution in [3.63, 3.8) is 0 Å². The number of nitrogens with two attached hydrogens (primary N) is 1. The molecule has 0 aliphatic rings. The van der Waals surface area contributed by atoms with Crippen LogP contribution in [0.4, 0.5) is 11.5 Å². The highest BCUT2D eigenvalue weighted by Crippen LogP contribution is 2.11. The summed E-state index contributed by atoms with van der Waals surface area (Å²) in [6.07, 6.45) is 0. The van der Waals surface area contributed by atoms with Crippen LogP contribution in [0.5, 0.6) is 0 Å². The van der Waals surface area contributed by atoms with Crippen molar-refractivity contribution in [2.45, 2.75) is 6.92 Å². The topological polar surface area (TPSA) is 80.0 Å². The van der Waals surface area contributed by atoms with Gasteiger partial charge in [-0.15, -0.1) is 0 Å². The number of pyridine rings is 1. The quantitative estimate of drug-likeness (QED) is 0.567. The lowest BCUT2D eigenvalue weighted by molar-refractivity contribution is 0.102. The highest BCUT2D eigenvalue weighted by molar-refractivity contribution is 6.03. The fraction of sp³-hybridized carbons (Fsp3) is 0.0769. The average Bonchev–Trinajstić information content (AvgIpc) is 2.41. The normalized spacial score (nSPS) is 9.89. The third-order valence-electron chi connectivity index (χ3n) is 2.44. The van der Waals surface area contributed by atoms with E-state index < -0.39 is 0 Å². The Morgan fingerprint density at radius 3 is 2.56 bits per heavy atom. The van der Waals surface area contributed by atoms with Gasteiger partial charge >= 0.3 is 0 Å². The maximum absolute atomic E-state index is 11.9. The zero-order valence-corrected chi connectivity index (χ0v) is 9.97. The SMILES string of the molecule is Cc1ccc(NC(=O)c2cccc(NN)n2)cc1. The van der Waals surface area contributed by atoms with Crippen molar-refractivity contribution in [3.05, 3.63) is 53.7 Å². The van der Waals surface area contributed by atoms with E-state index in [0.717, 1.165) is 11.3 Å². The van der Waals surface area contributed by atoms with Crippen molar-refractivity contribution in [1.82, 2.24) is 4.98 Å². The van der Waals surface area contributed by atoms with Gasteiger partial charge < -0.3 is 10.7 Å². The summed E-state index contributed by atoms with van der Waals surface area (Å²) in [6.45, 7) is 1.99. The predicted octanol–water partition coefficient (Wildman–Crippen LogP) is 1.93. The molecule has 1 aromatic heterocycles. The number of rotatable bonds is 3. The molecule has 0 saturated heterocycles. The van der Waals surface area contributed by atoms with Crippen molar-refractivity contribution in [2.75, 3.05) is 10.7 Å². The minimum Gasteiger partial charge on any atom is -0.321 e. The molecule has 18 heavy (non-hydrogen) atoms. The first-order valence-electron chi connectivity index (χ1n) is 5.51. The molecule has 0 aliphatic heterocycles. The molecule has 0 bridgehead atoms. The lowest BCUT2D eigenvalue weighted by atomic mass is 10.2. The fourth-order valence-corrected chi connectivity index (χ4v) is 1.47. The van der Waals surface area contributed by atoms with Gasteiger partial charge in [-0.05, 0) is 31.2 Å². The zero-order valence-electron chi connectivity index (χ0n) is 9.97. The second-order valence-corrected chi connectivity index (χ2v) is 3.87. The Balaban J connectivity index is 2.14. The number of nitrogens with zero attached hydrogens (tertiary/aromatic N) is 1. The van der Waals surface area contributed by atoms with E-state index in [1.807, 2.05) is 31.2 Å². The van der Waals surface area contributed by atoms with E-state index in [-0.39, 0.29) is 5.91 Å². The van der Waals surface area contributed by atoms with Gasteiger partial charge in [-0.25, -0.2) is 10.8 Å². The molecule has 0 unspecified atom stereocenters. The van der Waals surface area contributed by atoms with Crippen molar-refractivity contribution >= 4 is 17.4 Å². The second kappa shape index (κ2) is 5.29. The van der Waals surface area contributed by atoms with Gasteiger partial charge in [-0.3, -0.25) is 4.79 Å². The van der Waals surface area contributed by atoms with Crippen LogP contribution in [0, 0.1) is 6.92 Å². The number of carbonyl (C=O) groups excluding carboxylic acids is 1. The molecule has 1 aromatic carbocycles. The Labute approximate surface area is 105 Å².